The second kappa shape index (κ2) is 11.2. The number of anilines is 1. The first-order valence-corrected chi connectivity index (χ1v) is 14.1. The molecule has 1 aliphatic heterocycles. The number of alkyl halides is 2. The average molecular weight is 603 g/mol. The summed E-state index contributed by atoms with van der Waals surface area (Å²) >= 11 is 6.63. The minimum Gasteiger partial charge on any atom is -0.352 e. The second-order valence-electron chi connectivity index (χ2n) is 10.9. The van der Waals surface area contributed by atoms with E-state index in [-0.39, 0.29) is 35.2 Å². The molecule has 2 aliphatic rings. The molecule has 2 fully saturated rings. The van der Waals surface area contributed by atoms with Crippen molar-refractivity contribution in [3.05, 3.63) is 88.7 Å². The van der Waals surface area contributed by atoms with E-state index >= 15 is 0 Å². The number of halogens is 3. The number of H-pyrrole nitrogens is 1. The highest BCUT2D eigenvalue weighted by Gasteiger charge is 2.49. The number of amides is 2. The minimum absolute atomic E-state index is 0.0515. The summed E-state index contributed by atoms with van der Waals surface area (Å²) in [5.74, 6) is -6.62. The van der Waals surface area contributed by atoms with Crippen molar-refractivity contribution < 1.29 is 23.2 Å². The standard InChI is InChI=1S/C31H25ClF2N6O3/c32-22-7-2-1-5-20(22)27(30(43)38-19-13-31(33,34)14-19)26(21-6-3-4-18-16-37-39-28(18)21)29(42)23-8-9-25(41)40(23)24-12-17(15-35)10-11-36-24/h1-7,10-12,16,19,23,26-27H,8-9,13-14H2,(H,37,39)(H,38,43). The van der Waals surface area contributed by atoms with Gasteiger partial charge in [-0.15, -0.1) is 0 Å². The fourth-order valence-corrected chi connectivity index (χ4v) is 6.32. The van der Waals surface area contributed by atoms with Gasteiger partial charge >= 0.3 is 0 Å². The van der Waals surface area contributed by atoms with Crippen LogP contribution in [0, 0.1) is 11.3 Å². The van der Waals surface area contributed by atoms with E-state index in [0.717, 1.165) is 0 Å². The van der Waals surface area contributed by atoms with Gasteiger partial charge in [-0.3, -0.25) is 24.4 Å². The lowest BCUT2D eigenvalue weighted by molar-refractivity contribution is -0.134. The van der Waals surface area contributed by atoms with Crippen LogP contribution in [0.5, 0.6) is 0 Å². The topological polar surface area (TPSA) is 132 Å². The van der Waals surface area contributed by atoms with Crippen molar-refractivity contribution in [2.45, 2.75) is 55.5 Å². The molecule has 0 spiro atoms. The van der Waals surface area contributed by atoms with E-state index in [0.29, 0.717) is 22.0 Å². The molecule has 1 aliphatic carbocycles. The zero-order valence-electron chi connectivity index (χ0n) is 22.6. The fraction of sp³-hybridized carbons (Fsp3) is 0.290. The third kappa shape index (κ3) is 5.34. The van der Waals surface area contributed by atoms with E-state index in [4.69, 9.17) is 11.6 Å². The van der Waals surface area contributed by atoms with Crippen molar-refractivity contribution >= 4 is 45.9 Å². The van der Waals surface area contributed by atoms with E-state index in [1.807, 2.05) is 6.07 Å². The van der Waals surface area contributed by atoms with Crippen LogP contribution in [0.3, 0.4) is 0 Å². The Hall–Kier alpha value is -4.69. The van der Waals surface area contributed by atoms with Crippen LogP contribution in [0.4, 0.5) is 14.6 Å². The number of nitriles is 1. The van der Waals surface area contributed by atoms with Crippen molar-refractivity contribution in [3.63, 3.8) is 0 Å². The number of para-hydroxylation sites is 1. The predicted molar refractivity (Wildman–Crippen MR) is 154 cm³/mol. The number of aromatic amines is 1. The minimum atomic E-state index is -2.87. The summed E-state index contributed by atoms with van der Waals surface area (Å²) in [6.07, 6.45) is 2.17. The summed E-state index contributed by atoms with van der Waals surface area (Å²) in [4.78, 5) is 47.6. The largest absolute Gasteiger partial charge is 0.352 e. The van der Waals surface area contributed by atoms with Gasteiger partial charge in [-0.2, -0.15) is 10.4 Å². The Labute approximate surface area is 249 Å². The summed E-state index contributed by atoms with van der Waals surface area (Å²) in [6, 6.07) is 15.0. The van der Waals surface area contributed by atoms with Crippen LogP contribution in [0.1, 0.15) is 54.2 Å². The highest BCUT2D eigenvalue weighted by atomic mass is 35.5. The van der Waals surface area contributed by atoms with Gasteiger partial charge in [-0.1, -0.05) is 48.0 Å². The summed E-state index contributed by atoms with van der Waals surface area (Å²) in [6.45, 7) is 0. The number of aromatic nitrogens is 3. The highest BCUT2D eigenvalue weighted by molar-refractivity contribution is 6.31. The Kier molecular flexibility index (Phi) is 7.40. The fourth-order valence-electron chi connectivity index (χ4n) is 6.07. The van der Waals surface area contributed by atoms with Crippen LogP contribution >= 0.6 is 11.6 Å². The zero-order valence-corrected chi connectivity index (χ0v) is 23.4. The van der Waals surface area contributed by atoms with Gasteiger partial charge in [0.1, 0.15) is 5.82 Å². The highest BCUT2D eigenvalue weighted by Crippen LogP contribution is 2.44. The third-order valence-corrected chi connectivity index (χ3v) is 8.45. The zero-order chi connectivity index (χ0) is 30.3. The molecule has 2 amide bonds. The van der Waals surface area contributed by atoms with E-state index in [9.17, 15) is 28.4 Å². The number of nitrogens with zero attached hydrogens (tertiary/aromatic N) is 4. The van der Waals surface area contributed by atoms with Gasteiger partial charge in [-0.25, -0.2) is 13.8 Å². The number of benzene rings is 2. The number of carbonyl (C=O) groups is 3. The molecule has 2 aromatic heterocycles. The van der Waals surface area contributed by atoms with Crippen molar-refractivity contribution in [2.75, 3.05) is 4.90 Å². The van der Waals surface area contributed by atoms with Gasteiger partial charge < -0.3 is 5.32 Å². The molecule has 218 valence electrons. The molecule has 3 unspecified atom stereocenters. The summed E-state index contributed by atoms with van der Waals surface area (Å²) < 4.78 is 27.4. The van der Waals surface area contributed by atoms with E-state index in [1.165, 1.54) is 23.2 Å². The number of nitrogens with one attached hydrogen (secondary N) is 2. The molecule has 2 aromatic carbocycles. The molecule has 12 heteroatoms. The number of hydrogen-bond acceptors (Lipinski definition) is 6. The molecule has 1 saturated heterocycles. The van der Waals surface area contributed by atoms with E-state index in [1.54, 1.807) is 48.7 Å². The van der Waals surface area contributed by atoms with Crippen molar-refractivity contribution in [1.29, 1.82) is 5.26 Å². The van der Waals surface area contributed by atoms with Crippen LogP contribution in [-0.2, 0) is 14.4 Å². The monoisotopic (exact) mass is 602 g/mol. The van der Waals surface area contributed by atoms with Gasteiger partial charge in [0.05, 0.1) is 41.2 Å². The summed E-state index contributed by atoms with van der Waals surface area (Å²) in [5, 5.41) is 20.1. The lowest BCUT2D eigenvalue weighted by Gasteiger charge is -2.37. The Balaban J connectivity index is 1.49. The average Bonchev–Trinajstić information content (AvgIpc) is 3.62. The van der Waals surface area contributed by atoms with Crippen LogP contribution in [0.25, 0.3) is 10.9 Å². The van der Waals surface area contributed by atoms with Gasteiger partial charge in [0.25, 0.3) is 5.92 Å². The summed E-state index contributed by atoms with van der Waals surface area (Å²) in [5.41, 5.74) is 1.56. The molecular weight excluding hydrogens is 578 g/mol. The predicted octanol–water partition coefficient (Wildman–Crippen LogP) is 5.03. The maximum atomic E-state index is 14.8. The lowest BCUT2D eigenvalue weighted by Crippen LogP contribution is -2.53. The SMILES string of the molecule is N#Cc1ccnc(N2C(=O)CCC2C(=O)C(c2cccc3cn[nH]c23)C(C(=O)NC2CC(F)(F)C2)c2ccccc2Cl)c1. The van der Waals surface area contributed by atoms with Crippen LogP contribution in [0.15, 0.2) is 67.0 Å². The molecule has 0 radical (unpaired) electrons. The first-order chi connectivity index (χ1) is 20.7. The molecular formula is C31H25ClF2N6O3. The quantitative estimate of drug-likeness (QED) is 0.291. The molecule has 2 N–H and O–H groups in total. The van der Waals surface area contributed by atoms with Crippen molar-refractivity contribution in [2.24, 2.45) is 0 Å². The van der Waals surface area contributed by atoms with Crippen LogP contribution in [0.2, 0.25) is 5.02 Å². The Morgan fingerprint density at radius 1 is 1.12 bits per heavy atom. The number of rotatable bonds is 8. The molecule has 0 bridgehead atoms. The Morgan fingerprint density at radius 3 is 2.63 bits per heavy atom. The van der Waals surface area contributed by atoms with Gasteiger partial charge in [0.15, 0.2) is 5.78 Å². The van der Waals surface area contributed by atoms with Crippen LogP contribution in [-0.4, -0.2) is 50.8 Å². The third-order valence-electron chi connectivity index (χ3n) is 8.10. The maximum Gasteiger partial charge on any atom is 0.252 e. The van der Waals surface area contributed by atoms with Gasteiger partial charge in [0, 0.05) is 41.9 Å². The van der Waals surface area contributed by atoms with Crippen LogP contribution < -0.4 is 10.2 Å². The summed E-state index contributed by atoms with van der Waals surface area (Å²) in [7, 11) is 0. The molecule has 9 nitrogen and oxygen atoms in total. The molecule has 4 aromatic rings. The van der Waals surface area contributed by atoms with Crippen molar-refractivity contribution in [1.82, 2.24) is 20.5 Å². The Bertz CT molecular complexity index is 1780. The molecule has 1 saturated carbocycles. The normalized spacial score (nSPS) is 19.4. The molecule has 3 heterocycles. The first-order valence-electron chi connectivity index (χ1n) is 13.7. The van der Waals surface area contributed by atoms with Gasteiger partial charge in [0.2, 0.25) is 11.8 Å². The van der Waals surface area contributed by atoms with E-state index < -0.39 is 54.4 Å². The van der Waals surface area contributed by atoms with Gasteiger partial charge in [-0.05, 0) is 35.7 Å². The molecule has 3 atom stereocenters. The number of fused-ring (bicyclic) bond motifs is 1. The molecule has 6 rings (SSSR count). The maximum absolute atomic E-state index is 14.8. The number of pyridine rings is 1. The first kappa shape index (κ1) is 28.4. The number of ketones is 1. The number of hydrogen-bond donors (Lipinski definition) is 2. The Morgan fingerprint density at radius 2 is 1.88 bits per heavy atom. The van der Waals surface area contributed by atoms with Crippen molar-refractivity contribution in [3.8, 4) is 6.07 Å². The number of Topliss-reactive ketones (excluding diaryl/α,β-unsaturated/α-hetero) is 1. The van der Waals surface area contributed by atoms with E-state index in [2.05, 4.69) is 20.5 Å². The number of carbonyl (C=O) groups excluding carboxylic acids is 3. The second-order valence-corrected chi connectivity index (χ2v) is 11.3. The lowest BCUT2D eigenvalue weighted by atomic mass is 9.75. The smallest absolute Gasteiger partial charge is 0.252 e. The molecule has 43 heavy (non-hydrogen) atoms.